The van der Waals surface area contributed by atoms with E-state index in [1.54, 1.807) is 0 Å². The van der Waals surface area contributed by atoms with E-state index in [9.17, 15) is 0 Å². The number of hydrogen-bond donors (Lipinski definition) is 2. The lowest BCUT2D eigenvalue weighted by atomic mass is 9.96. The molecule has 1 unspecified atom stereocenters. The van der Waals surface area contributed by atoms with Crippen molar-refractivity contribution >= 4 is 11.3 Å². The first-order chi connectivity index (χ1) is 8.93. The predicted molar refractivity (Wildman–Crippen MR) is 74.4 cm³/mol. The maximum absolute atomic E-state index is 4.00. The van der Waals surface area contributed by atoms with Gasteiger partial charge in [0.15, 0.2) is 0 Å². The van der Waals surface area contributed by atoms with Crippen LogP contribution in [0.1, 0.15) is 42.3 Å². The maximum atomic E-state index is 4.00. The molecule has 2 aromatic heterocycles. The number of H-pyrrole nitrogens is 1. The maximum Gasteiger partial charge on any atom is 0.0490 e. The lowest BCUT2D eigenvalue weighted by molar-refractivity contribution is 0.369. The van der Waals surface area contributed by atoms with Gasteiger partial charge in [0.2, 0.25) is 0 Å². The van der Waals surface area contributed by atoms with Gasteiger partial charge in [-0.05, 0) is 36.3 Å². The molecule has 0 spiro atoms. The van der Waals surface area contributed by atoms with Gasteiger partial charge in [0.05, 0.1) is 0 Å². The fourth-order valence-corrected chi connectivity index (χ4v) is 3.76. The van der Waals surface area contributed by atoms with Gasteiger partial charge in [-0.1, -0.05) is 18.9 Å². The Labute approximate surface area is 112 Å². The van der Waals surface area contributed by atoms with Gasteiger partial charge in [0.25, 0.3) is 0 Å². The Hall–Kier alpha value is -1.13. The minimum Gasteiger partial charge on any atom is -0.303 e. The smallest absolute Gasteiger partial charge is 0.0490 e. The summed E-state index contributed by atoms with van der Waals surface area (Å²) in [5.41, 5.74) is 1.16. The van der Waals surface area contributed by atoms with Gasteiger partial charge in [-0.3, -0.25) is 5.10 Å². The number of aromatic nitrogens is 2. The summed E-state index contributed by atoms with van der Waals surface area (Å²) in [7, 11) is 0. The largest absolute Gasteiger partial charge is 0.303 e. The topological polar surface area (TPSA) is 40.7 Å². The summed E-state index contributed by atoms with van der Waals surface area (Å²) in [6, 6.07) is 6.96. The first-order valence-electron chi connectivity index (χ1n) is 6.68. The lowest BCUT2D eigenvalue weighted by Crippen LogP contribution is -2.26. The molecule has 2 heterocycles. The molecule has 18 heavy (non-hydrogen) atoms. The van der Waals surface area contributed by atoms with Crippen molar-refractivity contribution in [2.75, 3.05) is 0 Å². The Kier molecular flexibility index (Phi) is 3.76. The number of aromatic amines is 1. The Balaban J connectivity index is 1.69. The zero-order valence-corrected chi connectivity index (χ0v) is 11.2. The predicted octanol–water partition coefficient (Wildman–Crippen LogP) is 3.49. The van der Waals surface area contributed by atoms with Crippen molar-refractivity contribution in [1.82, 2.24) is 15.5 Å². The van der Waals surface area contributed by atoms with Gasteiger partial charge < -0.3 is 5.32 Å². The van der Waals surface area contributed by atoms with Crippen LogP contribution in [0.4, 0.5) is 0 Å². The van der Waals surface area contributed by atoms with Gasteiger partial charge in [0.1, 0.15) is 0 Å². The average molecular weight is 261 g/mol. The Morgan fingerprint density at radius 1 is 1.39 bits per heavy atom. The summed E-state index contributed by atoms with van der Waals surface area (Å²) in [6.07, 6.45) is 7.31. The Bertz CT molecular complexity index is 443. The van der Waals surface area contributed by atoms with E-state index in [1.807, 2.05) is 23.6 Å². The second-order valence-corrected chi connectivity index (χ2v) is 5.98. The number of rotatable bonds is 5. The van der Waals surface area contributed by atoms with Crippen molar-refractivity contribution in [3.63, 3.8) is 0 Å². The van der Waals surface area contributed by atoms with Gasteiger partial charge in [-0.15, -0.1) is 11.3 Å². The normalized spacial score (nSPS) is 18.2. The van der Waals surface area contributed by atoms with Crippen molar-refractivity contribution in [2.45, 2.75) is 38.3 Å². The molecule has 3 rings (SSSR count). The van der Waals surface area contributed by atoms with E-state index < -0.39 is 0 Å². The van der Waals surface area contributed by atoms with E-state index in [0.29, 0.717) is 6.04 Å². The molecule has 3 nitrogen and oxygen atoms in total. The summed E-state index contributed by atoms with van der Waals surface area (Å²) in [5, 5.41) is 12.9. The average Bonchev–Trinajstić information content (AvgIpc) is 3.14. The van der Waals surface area contributed by atoms with E-state index in [4.69, 9.17) is 0 Å². The van der Waals surface area contributed by atoms with Crippen LogP contribution in [-0.2, 0) is 6.54 Å². The van der Waals surface area contributed by atoms with Crippen LogP contribution in [0.3, 0.4) is 0 Å². The minimum absolute atomic E-state index is 0.510. The summed E-state index contributed by atoms with van der Waals surface area (Å²) < 4.78 is 0. The molecular formula is C14H19N3S. The molecule has 0 aromatic carbocycles. The first kappa shape index (κ1) is 11.9. The van der Waals surface area contributed by atoms with Crippen LogP contribution in [0.25, 0.3) is 0 Å². The van der Waals surface area contributed by atoms with E-state index in [0.717, 1.165) is 18.2 Å². The van der Waals surface area contributed by atoms with Crippen molar-refractivity contribution < 1.29 is 0 Å². The minimum atomic E-state index is 0.510. The van der Waals surface area contributed by atoms with Crippen LogP contribution < -0.4 is 5.32 Å². The molecular weight excluding hydrogens is 242 g/mol. The molecule has 0 radical (unpaired) electrons. The van der Waals surface area contributed by atoms with Crippen molar-refractivity contribution in [3.8, 4) is 0 Å². The summed E-state index contributed by atoms with van der Waals surface area (Å²) in [5.74, 6) is 0.798. The van der Waals surface area contributed by atoms with Crippen LogP contribution in [0.5, 0.6) is 0 Å². The van der Waals surface area contributed by atoms with Crippen molar-refractivity contribution in [3.05, 3.63) is 40.3 Å². The summed E-state index contributed by atoms with van der Waals surface area (Å²) in [6.45, 7) is 0.874. The highest BCUT2D eigenvalue weighted by molar-refractivity contribution is 7.10. The molecule has 1 aliphatic rings. The van der Waals surface area contributed by atoms with Gasteiger partial charge in [-0.25, -0.2) is 0 Å². The Morgan fingerprint density at radius 3 is 2.94 bits per heavy atom. The summed E-state index contributed by atoms with van der Waals surface area (Å²) >= 11 is 1.87. The zero-order chi connectivity index (χ0) is 12.2. The molecule has 0 bridgehead atoms. The third kappa shape index (κ3) is 2.65. The van der Waals surface area contributed by atoms with E-state index in [2.05, 4.69) is 33.0 Å². The third-order valence-corrected chi connectivity index (χ3v) is 4.75. The molecule has 1 aliphatic carbocycles. The highest BCUT2D eigenvalue weighted by Crippen LogP contribution is 2.37. The third-order valence-electron chi connectivity index (χ3n) is 3.79. The van der Waals surface area contributed by atoms with E-state index >= 15 is 0 Å². The van der Waals surface area contributed by atoms with Crippen LogP contribution in [0.15, 0.2) is 29.8 Å². The number of nitrogens with one attached hydrogen (secondary N) is 2. The fourth-order valence-electron chi connectivity index (χ4n) is 2.86. The van der Waals surface area contributed by atoms with Crippen LogP contribution in [0, 0.1) is 5.92 Å². The van der Waals surface area contributed by atoms with Crippen molar-refractivity contribution in [2.24, 2.45) is 5.92 Å². The second-order valence-electron chi connectivity index (χ2n) is 5.00. The molecule has 1 fully saturated rings. The molecule has 0 amide bonds. The molecule has 0 aliphatic heterocycles. The van der Waals surface area contributed by atoms with E-state index in [1.165, 1.54) is 30.6 Å². The lowest BCUT2D eigenvalue weighted by Gasteiger charge is -2.23. The van der Waals surface area contributed by atoms with Crippen molar-refractivity contribution in [1.29, 1.82) is 0 Å². The van der Waals surface area contributed by atoms with Crippen LogP contribution >= 0.6 is 11.3 Å². The molecule has 2 N–H and O–H groups in total. The number of thiophene rings is 1. The molecule has 0 saturated heterocycles. The fraction of sp³-hybridized carbons (Fsp3) is 0.500. The first-order valence-corrected chi connectivity index (χ1v) is 7.56. The van der Waals surface area contributed by atoms with Gasteiger partial charge in [0, 0.05) is 29.4 Å². The van der Waals surface area contributed by atoms with E-state index in [-0.39, 0.29) is 0 Å². The number of nitrogens with zero attached hydrogens (tertiary/aromatic N) is 1. The molecule has 4 heteroatoms. The second kappa shape index (κ2) is 5.67. The molecule has 2 aromatic rings. The van der Waals surface area contributed by atoms with Gasteiger partial charge in [-0.2, -0.15) is 5.10 Å². The quantitative estimate of drug-likeness (QED) is 0.865. The van der Waals surface area contributed by atoms with Gasteiger partial charge >= 0.3 is 0 Å². The summed E-state index contributed by atoms with van der Waals surface area (Å²) in [4.78, 5) is 1.47. The SMILES string of the molecule is c1csc(C(NCc2ccn[nH]2)C2CCCC2)c1. The molecule has 1 atom stereocenters. The zero-order valence-electron chi connectivity index (χ0n) is 10.4. The Morgan fingerprint density at radius 2 is 2.28 bits per heavy atom. The molecule has 96 valence electrons. The number of hydrogen-bond acceptors (Lipinski definition) is 3. The highest BCUT2D eigenvalue weighted by Gasteiger charge is 2.26. The van der Waals surface area contributed by atoms with Crippen LogP contribution in [-0.4, -0.2) is 10.2 Å². The monoisotopic (exact) mass is 261 g/mol. The highest BCUT2D eigenvalue weighted by atomic mass is 32.1. The molecule has 1 saturated carbocycles. The van der Waals surface area contributed by atoms with Crippen LogP contribution in [0.2, 0.25) is 0 Å². The standard InChI is InChI=1S/C14H19N3S/c1-2-5-11(4-1)14(13-6-3-9-18-13)15-10-12-7-8-16-17-12/h3,6-9,11,14-15H,1-2,4-5,10H2,(H,16,17).